The van der Waals surface area contributed by atoms with Crippen molar-refractivity contribution in [1.82, 2.24) is 9.55 Å². The molecule has 8 aromatic carbocycles. The third-order valence-electron chi connectivity index (χ3n) is 15.9. The smallest absolute Gasteiger partial charge is 0.0991 e. The van der Waals surface area contributed by atoms with Gasteiger partial charge < -0.3 is 14.5 Å². The monoisotopic (exact) mass is 808 g/mol. The number of H-pyrrole nitrogens is 1. The number of anilines is 3. The van der Waals surface area contributed by atoms with Crippen molar-refractivity contribution >= 4 is 60.7 Å². The van der Waals surface area contributed by atoms with Crippen molar-refractivity contribution in [2.45, 2.75) is 37.5 Å². The quantitative estimate of drug-likeness (QED) is 0.188. The van der Waals surface area contributed by atoms with E-state index in [1.807, 2.05) is 12.1 Å². The molecule has 5 aliphatic carbocycles. The maximum Gasteiger partial charge on any atom is 0.0991 e. The number of para-hydroxylation sites is 3. The van der Waals surface area contributed by atoms with Crippen LogP contribution in [0.5, 0.6) is 0 Å². The highest BCUT2D eigenvalue weighted by molar-refractivity contribution is 6.21. The minimum atomic E-state index is 0.0959. The Morgan fingerprint density at radius 1 is 0.540 bits per heavy atom. The predicted molar refractivity (Wildman–Crippen MR) is 258 cm³/mol. The van der Waals surface area contributed by atoms with Crippen LogP contribution in [0.3, 0.4) is 0 Å². The van der Waals surface area contributed by atoms with Gasteiger partial charge in [-0.15, -0.1) is 0 Å². The van der Waals surface area contributed by atoms with Crippen LogP contribution in [0.1, 0.15) is 48.8 Å². The van der Waals surface area contributed by atoms with Crippen LogP contribution in [-0.4, -0.2) is 9.55 Å². The molecule has 15 rings (SSSR count). The van der Waals surface area contributed by atoms with Gasteiger partial charge in [-0.2, -0.15) is 5.26 Å². The molecule has 4 bridgehead atoms. The van der Waals surface area contributed by atoms with Crippen molar-refractivity contribution in [3.63, 3.8) is 0 Å². The fraction of sp³-hybridized carbons (Fsp3) is 0.169. The lowest BCUT2D eigenvalue weighted by atomic mass is 9.43. The van der Waals surface area contributed by atoms with Gasteiger partial charge in [-0.1, -0.05) is 103 Å². The average molecular weight is 809 g/mol. The molecule has 0 unspecified atom stereocenters. The third kappa shape index (κ3) is 4.80. The van der Waals surface area contributed by atoms with Gasteiger partial charge in [-0.25, -0.2) is 0 Å². The molecule has 4 heteroatoms. The SMILES string of the molecule is N#Cc1ccc(N(c2ccc(-c3ccc4c(c3)C3(c5ccccc5-4)C4CC5CC(C4)CC3C5)c3c2[nH]c2ccccc23)c2cccc3c2c2ccccc2n3-c2ccccc2)cc1. The van der Waals surface area contributed by atoms with E-state index in [4.69, 9.17) is 0 Å². The zero-order valence-electron chi connectivity index (χ0n) is 34.9. The Kier molecular flexibility index (Phi) is 7.32. The van der Waals surface area contributed by atoms with E-state index in [0.717, 1.165) is 56.7 Å². The second-order valence-electron chi connectivity index (χ2n) is 18.9. The lowest BCUT2D eigenvalue weighted by molar-refractivity contribution is -0.0399. The molecule has 2 aromatic heterocycles. The number of rotatable bonds is 5. The maximum atomic E-state index is 9.91. The first-order chi connectivity index (χ1) is 31.2. The number of nitrogens with one attached hydrogen (secondary N) is 1. The maximum absolute atomic E-state index is 9.91. The fourth-order valence-corrected chi connectivity index (χ4v) is 13.8. The minimum absolute atomic E-state index is 0.0959. The van der Waals surface area contributed by atoms with E-state index >= 15 is 0 Å². The molecule has 2 heterocycles. The third-order valence-corrected chi connectivity index (χ3v) is 15.9. The van der Waals surface area contributed by atoms with Crippen LogP contribution in [0.2, 0.25) is 0 Å². The number of benzene rings is 8. The lowest BCUT2D eigenvalue weighted by Gasteiger charge is -2.61. The van der Waals surface area contributed by atoms with Crippen LogP contribution < -0.4 is 4.90 Å². The van der Waals surface area contributed by atoms with E-state index in [1.54, 1.807) is 11.1 Å². The van der Waals surface area contributed by atoms with Crippen molar-refractivity contribution in [1.29, 1.82) is 5.26 Å². The summed E-state index contributed by atoms with van der Waals surface area (Å²) in [5.41, 5.74) is 18.1. The van der Waals surface area contributed by atoms with Crippen LogP contribution in [0.25, 0.3) is 71.6 Å². The molecule has 10 aromatic rings. The van der Waals surface area contributed by atoms with Crippen molar-refractivity contribution in [2.75, 3.05) is 4.90 Å². The lowest BCUT2D eigenvalue weighted by Crippen LogP contribution is -2.55. The number of nitrogens with zero attached hydrogens (tertiary/aromatic N) is 3. The summed E-state index contributed by atoms with van der Waals surface area (Å²) in [4.78, 5) is 6.39. The fourth-order valence-electron chi connectivity index (χ4n) is 13.8. The Bertz CT molecular complexity index is 3520. The van der Waals surface area contributed by atoms with E-state index in [-0.39, 0.29) is 5.41 Å². The number of fused-ring (bicyclic) bond motifs is 9. The molecular weight excluding hydrogens is 765 g/mol. The Balaban J connectivity index is 1.02. The van der Waals surface area contributed by atoms with Crippen LogP contribution >= 0.6 is 0 Å². The first kappa shape index (κ1) is 35.3. The number of hydrogen-bond acceptors (Lipinski definition) is 2. The first-order valence-corrected chi connectivity index (χ1v) is 22.8. The van der Waals surface area contributed by atoms with Crippen molar-refractivity contribution in [3.8, 4) is 34.0 Å². The summed E-state index contributed by atoms with van der Waals surface area (Å²) in [6.45, 7) is 0. The van der Waals surface area contributed by atoms with E-state index in [2.05, 4.69) is 184 Å². The molecule has 63 heavy (non-hydrogen) atoms. The highest BCUT2D eigenvalue weighted by Crippen LogP contribution is 2.69. The van der Waals surface area contributed by atoms with Crippen LogP contribution in [0.4, 0.5) is 17.1 Å². The van der Waals surface area contributed by atoms with E-state index in [9.17, 15) is 5.26 Å². The summed E-state index contributed by atoms with van der Waals surface area (Å²) in [5.74, 6) is 3.21. The van der Waals surface area contributed by atoms with E-state index in [1.165, 1.54) is 75.9 Å². The topological polar surface area (TPSA) is 47.8 Å². The van der Waals surface area contributed by atoms with Crippen molar-refractivity contribution in [2.24, 2.45) is 23.7 Å². The zero-order chi connectivity index (χ0) is 41.4. The minimum Gasteiger partial charge on any atom is -0.353 e. The highest BCUT2D eigenvalue weighted by Gasteiger charge is 2.61. The Labute approximate surface area is 366 Å². The highest BCUT2D eigenvalue weighted by atomic mass is 15.2. The average Bonchev–Trinajstić information content (AvgIpc) is 3.98. The van der Waals surface area contributed by atoms with Gasteiger partial charge in [0.1, 0.15) is 0 Å². The van der Waals surface area contributed by atoms with E-state index in [0.29, 0.717) is 17.4 Å². The number of nitriles is 1. The first-order valence-electron chi connectivity index (χ1n) is 22.8. The molecule has 1 N–H and O–H groups in total. The molecule has 5 aliphatic rings. The van der Waals surface area contributed by atoms with Crippen LogP contribution in [-0.2, 0) is 5.41 Å². The van der Waals surface area contributed by atoms with Crippen molar-refractivity contribution < 1.29 is 0 Å². The van der Waals surface area contributed by atoms with Gasteiger partial charge >= 0.3 is 0 Å². The van der Waals surface area contributed by atoms with Gasteiger partial charge in [-0.05, 0) is 162 Å². The summed E-state index contributed by atoms with van der Waals surface area (Å²) in [6.07, 6.45) is 6.93. The second-order valence-corrected chi connectivity index (χ2v) is 18.9. The molecule has 0 radical (unpaired) electrons. The second kappa shape index (κ2) is 13.1. The molecule has 1 spiro atoms. The molecule has 4 nitrogen and oxygen atoms in total. The molecule has 300 valence electrons. The molecule has 4 saturated carbocycles. The number of aromatic amines is 1. The summed E-state index contributed by atoms with van der Waals surface area (Å²) < 4.78 is 2.38. The molecule has 4 fully saturated rings. The number of hydrogen-bond donors (Lipinski definition) is 1. The van der Waals surface area contributed by atoms with Crippen molar-refractivity contribution in [3.05, 3.63) is 193 Å². The largest absolute Gasteiger partial charge is 0.353 e. The molecular formula is C59H44N4. The molecule has 0 amide bonds. The molecule has 0 atom stereocenters. The molecule has 0 aliphatic heterocycles. The summed E-state index contributed by atoms with van der Waals surface area (Å²) in [7, 11) is 0. The van der Waals surface area contributed by atoms with Gasteiger partial charge in [0, 0.05) is 43.9 Å². The Morgan fingerprint density at radius 2 is 1.22 bits per heavy atom. The predicted octanol–water partition coefficient (Wildman–Crippen LogP) is 15.1. The van der Waals surface area contributed by atoms with Gasteiger partial charge in [-0.3, -0.25) is 0 Å². The van der Waals surface area contributed by atoms with Gasteiger partial charge in [0.15, 0.2) is 0 Å². The van der Waals surface area contributed by atoms with Gasteiger partial charge in [0.2, 0.25) is 0 Å². The summed E-state index contributed by atoms with van der Waals surface area (Å²) >= 11 is 0. The number of aromatic nitrogens is 2. The summed E-state index contributed by atoms with van der Waals surface area (Å²) in [5, 5.41) is 14.7. The summed E-state index contributed by atoms with van der Waals surface area (Å²) in [6, 6.07) is 67.0. The zero-order valence-corrected chi connectivity index (χ0v) is 34.9. The molecule has 0 saturated heterocycles. The van der Waals surface area contributed by atoms with Crippen LogP contribution in [0, 0.1) is 35.0 Å². The van der Waals surface area contributed by atoms with Crippen LogP contribution in [0.15, 0.2) is 176 Å². The van der Waals surface area contributed by atoms with Gasteiger partial charge in [0.05, 0.1) is 39.6 Å². The van der Waals surface area contributed by atoms with Gasteiger partial charge in [0.25, 0.3) is 0 Å². The Morgan fingerprint density at radius 3 is 2.03 bits per heavy atom. The standard InChI is InChI=1S/C59H44N4/c60-35-36-21-24-43(25-22-36)63(54-20-10-19-53-57(54)48-15-6-9-18-52(48)62(53)42-11-2-1-3-12-42)55-28-27-44(56-47-14-5-8-17-51(47)61-58(55)56)39-23-26-46-45-13-4-7-16-49(45)59(50(46)34-39)40-30-37-29-38(32-40)33-41(59)31-37/h1-28,34,37-38,40-41,61H,29-33H2. The Hall–Kier alpha value is -7.35. The normalized spacial score (nSPS) is 21.7. The van der Waals surface area contributed by atoms with E-state index < -0.39 is 0 Å².